The summed E-state index contributed by atoms with van der Waals surface area (Å²) in [4.78, 5) is 14.4. The number of hydrogen-bond donors (Lipinski definition) is 0. The van der Waals surface area contributed by atoms with Crippen LogP contribution in [0.25, 0.3) is 16.5 Å². The largest absolute Gasteiger partial charge is 0.369 e. The van der Waals surface area contributed by atoms with Gasteiger partial charge in [-0.2, -0.15) is 0 Å². The summed E-state index contributed by atoms with van der Waals surface area (Å²) in [6.07, 6.45) is 2.01. The number of allylic oxidation sites excluding steroid dienone is 1. The van der Waals surface area contributed by atoms with Gasteiger partial charge in [-0.25, -0.2) is 8.42 Å². The molecule has 0 radical (unpaired) electrons. The van der Waals surface area contributed by atoms with E-state index in [1.54, 1.807) is 12.1 Å². The molecule has 0 atom stereocenters. The van der Waals surface area contributed by atoms with Crippen LogP contribution in [-0.4, -0.2) is 43.0 Å². The Balaban J connectivity index is 2.14. The van der Waals surface area contributed by atoms with Gasteiger partial charge in [0.25, 0.3) is 15.3 Å². The molecule has 5 nitrogen and oxygen atoms in total. The van der Waals surface area contributed by atoms with Gasteiger partial charge in [0.1, 0.15) is 10.6 Å². The van der Waals surface area contributed by atoms with E-state index in [4.69, 9.17) is 11.6 Å². The molecule has 0 bridgehead atoms. The lowest BCUT2D eigenvalue weighted by atomic mass is 10.0. The number of sulfonamides is 1. The number of likely N-dealkylation sites (N-methyl/N-ethyl adjacent to an activating group) is 1. The second kappa shape index (κ2) is 5.75. The summed E-state index contributed by atoms with van der Waals surface area (Å²) in [6, 6.07) is 11.1. The average Bonchev–Trinajstić information content (AvgIpc) is 3.11. The molecule has 0 unspecified atom stereocenters. The minimum absolute atomic E-state index is 0.0337. The van der Waals surface area contributed by atoms with Gasteiger partial charge in [-0.15, -0.1) is 0 Å². The number of hydrogen-bond acceptors (Lipinski definition) is 4. The van der Waals surface area contributed by atoms with Crippen molar-refractivity contribution in [3.8, 4) is 0 Å². The van der Waals surface area contributed by atoms with Crippen molar-refractivity contribution in [2.24, 2.45) is 0 Å². The Morgan fingerprint density at radius 3 is 2.44 bits per heavy atom. The standard InChI is InChI=1S/C18H17ClN2O3S/c1-20-16(18(19)22)15(21-10-4-5-11-21)14-9-8-12-6-2-3-7-13(12)17(14)25(20,23)24/h2-3,6-9H,4-5,10-11H2,1H3. The normalized spacial score (nSPS) is 19.4. The Kier molecular flexibility index (Phi) is 3.77. The number of nitrogens with zero attached hydrogens (tertiary/aromatic N) is 2. The summed E-state index contributed by atoms with van der Waals surface area (Å²) in [5.41, 5.74) is 1.21. The molecule has 2 aliphatic rings. The van der Waals surface area contributed by atoms with E-state index in [2.05, 4.69) is 4.90 Å². The molecule has 4 rings (SSSR count). The minimum atomic E-state index is -3.86. The third kappa shape index (κ3) is 2.35. The van der Waals surface area contributed by atoms with Crippen molar-refractivity contribution in [3.05, 3.63) is 47.7 Å². The van der Waals surface area contributed by atoms with E-state index in [1.165, 1.54) is 7.05 Å². The highest BCUT2D eigenvalue weighted by Gasteiger charge is 2.40. The molecule has 130 valence electrons. The molecule has 0 saturated carbocycles. The van der Waals surface area contributed by atoms with Crippen molar-refractivity contribution in [2.45, 2.75) is 17.7 Å². The highest BCUT2D eigenvalue weighted by molar-refractivity contribution is 7.89. The Bertz CT molecular complexity index is 1020. The molecular formula is C18H17ClN2O3S. The molecular weight excluding hydrogens is 360 g/mol. The molecule has 2 aromatic rings. The fourth-order valence-electron chi connectivity index (χ4n) is 3.72. The summed E-state index contributed by atoms with van der Waals surface area (Å²) >= 11 is 5.81. The highest BCUT2D eigenvalue weighted by Crippen LogP contribution is 2.42. The van der Waals surface area contributed by atoms with Crippen molar-refractivity contribution in [1.29, 1.82) is 0 Å². The first-order chi connectivity index (χ1) is 11.9. The summed E-state index contributed by atoms with van der Waals surface area (Å²) in [7, 11) is -2.47. The van der Waals surface area contributed by atoms with Crippen molar-refractivity contribution in [1.82, 2.24) is 9.21 Å². The third-order valence-corrected chi connectivity index (χ3v) is 6.94. The average molecular weight is 377 g/mol. The van der Waals surface area contributed by atoms with Gasteiger partial charge in [0, 0.05) is 31.1 Å². The van der Waals surface area contributed by atoms with Gasteiger partial charge in [-0.05, 0) is 29.8 Å². The fourth-order valence-corrected chi connectivity index (χ4v) is 5.58. The molecule has 0 amide bonds. The van der Waals surface area contributed by atoms with Crippen molar-refractivity contribution >= 4 is 43.3 Å². The monoisotopic (exact) mass is 376 g/mol. The van der Waals surface area contributed by atoms with Crippen molar-refractivity contribution in [3.63, 3.8) is 0 Å². The molecule has 2 aromatic carbocycles. The SMILES string of the molecule is CN1C(C(=O)Cl)=C(N2CCCC2)c2ccc3ccccc3c2S1(=O)=O. The van der Waals surface area contributed by atoms with Crippen LogP contribution in [0.5, 0.6) is 0 Å². The van der Waals surface area contributed by atoms with Crippen LogP contribution in [0.1, 0.15) is 18.4 Å². The van der Waals surface area contributed by atoms with Gasteiger partial charge in [0.15, 0.2) is 0 Å². The van der Waals surface area contributed by atoms with Gasteiger partial charge in [0.2, 0.25) is 0 Å². The molecule has 2 aliphatic heterocycles. The number of carbonyl (C=O) groups excluding carboxylic acids is 1. The molecule has 1 saturated heterocycles. The van der Waals surface area contributed by atoms with Gasteiger partial charge in [0.05, 0.1) is 5.70 Å². The van der Waals surface area contributed by atoms with Crippen LogP contribution in [0, 0.1) is 0 Å². The predicted octanol–water partition coefficient (Wildman–Crippen LogP) is 3.00. The van der Waals surface area contributed by atoms with Crippen LogP contribution in [0.15, 0.2) is 47.0 Å². The Morgan fingerprint density at radius 1 is 1.08 bits per heavy atom. The van der Waals surface area contributed by atoms with Crippen LogP contribution < -0.4 is 0 Å². The number of rotatable bonds is 2. The molecule has 0 spiro atoms. The highest BCUT2D eigenvalue weighted by atomic mass is 35.5. The maximum Gasteiger partial charge on any atom is 0.271 e. The Hall–Kier alpha value is -2.05. The fraction of sp³-hybridized carbons (Fsp3) is 0.278. The number of halogens is 1. The topological polar surface area (TPSA) is 57.7 Å². The van der Waals surface area contributed by atoms with E-state index in [0.29, 0.717) is 16.6 Å². The van der Waals surface area contributed by atoms with Crippen LogP contribution >= 0.6 is 11.6 Å². The molecule has 0 aliphatic carbocycles. The molecule has 7 heteroatoms. The molecule has 1 fully saturated rings. The first-order valence-electron chi connectivity index (χ1n) is 8.13. The van der Waals surface area contributed by atoms with Gasteiger partial charge in [-0.3, -0.25) is 9.10 Å². The molecule has 0 aromatic heterocycles. The van der Waals surface area contributed by atoms with E-state index in [1.807, 2.05) is 24.3 Å². The van der Waals surface area contributed by atoms with E-state index in [0.717, 1.165) is 35.6 Å². The zero-order chi connectivity index (χ0) is 17.8. The maximum absolute atomic E-state index is 13.2. The molecule has 2 heterocycles. The maximum atomic E-state index is 13.2. The second-order valence-electron chi connectivity index (χ2n) is 6.30. The lowest BCUT2D eigenvalue weighted by Crippen LogP contribution is -2.37. The third-order valence-electron chi connectivity index (χ3n) is 4.90. The summed E-state index contributed by atoms with van der Waals surface area (Å²) in [6.45, 7) is 1.56. The van der Waals surface area contributed by atoms with Crippen LogP contribution in [-0.2, 0) is 14.8 Å². The van der Waals surface area contributed by atoms with E-state index in [-0.39, 0.29) is 10.6 Å². The lowest BCUT2D eigenvalue weighted by Gasteiger charge is -2.34. The Morgan fingerprint density at radius 2 is 1.76 bits per heavy atom. The van der Waals surface area contributed by atoms with Crippen LogP contribution in [0.2, 0.25) is 0 Å². The lowest BCUT2D eigenvalue weighted by molar-refractivity contribution is -0.109. The van der Waals surface area contributed by atoms with E-state index in [9.17, 15) is 13.2 Å². The number of fused-ring (bicyclic) bond motifs is 3. The van der Waals surface area contributed by atoms with Crippen molar-refractivity contribution in [2.75, 3.05) is 20.1 Å². The van der Waals surface area contributed by atoms with Gasteiger partial charge < -0.3 is 4.90 Å². The summed E-state index contributed by atoms with van der Waals surface area (Å²) in [5, 5.41) is 0.746. The van der Waals surface area contributed by atoms with E-state index < -0.39 is 15.3 Å². The second-order valence-corrected chi connectivity index (χ2v) is 8.55. The minimum Gasteiger partial charge on any atom is -0.369 e. The van der Waals surface area contributed by atoms with Gasteiger partial charge in [-0.1, -0.05) is 36.4 Å². The van der Waals surface area contributed by atoms with Gasteiger partial charge >= 0.3 is 0 Å². The number of benzene rings is 2. The predicted molar refractivity (Wildman–Crippen MR) is 97.5 cm³/mol. The zero-order valence-corrected chi connectivity index (χ0v) is 15.3. The van der Waals surface area contributed by atoms with Crippen molar-refractivity contribution < 1.29 is 13.2 Å². The molecule has 25 heavy (non-hydrogen) atoms. The van der Waals surface area contributed by atoms with Crippen LogP contribution in [0.3, 0.4) is 0 Å². The quantitative estimate of drug-likeness (QED) is 0.756. The van der Waals surface area contributed by atoms with Crippen LogP contribution in [0.4, 0.5) is 0 Å². The number of carbonyl (C=O) groups is 1. The smallest absolute Gasteiger partial charge is 0.271 e. The first-order valence-corrected chi connectivity index (χ1v) is 9.95. The summed E-state index contributed by atoms with van der Waals surface area (Å²) < 4.78 is 27.3. The Labute approximate surface area is 151 Å². The first kappa shape index (κ1) is 16.4. The number of likely N-dealkylation sites (tertiary alicyclic amines) is 1. The summed E-state index contributed by atoms with van der Waals surface area (Å²) in [5.74, 6) is 0. The van der Waals surface area contributed by atoms with E-state index >= 15 is 0 Å². The molecule has 0 N–H and O–H groups in total. The zero-order valence-electron chi connectivity index (χ0n) is 13.7.